The number of carbonyl (C=O) groups excluding carboxylic acids is 1. The molecule has 0 N–H and O–H groups in total. The number of hydrogen-bond donors (Lipinski definition) is 0. The Morgan fingerprint density at radius 3 is 2.08 bits per heavy atom. The molecule has 0 radical (unpaired) electrons. The highest BCUT2D eigenvalue weighted by molar-refractivity contribution is 7.58. The van der Waals surface area contributed by atoms with Crippen molar-refractivity contribution in [2.24, 2.45) is 11.8 Å². The molecular weight excluding hydrogens is 662 g/mol. The third kappa shape index (κ3) is 13.0. The van der Waals surface area contributed by atoms with Crippen LogP contribution < -0.4 is 0 Å². The molecule has 10 heteroatoms. The van der Waals surface area contributed by atoms with Gasteiger partial charge >= 0.3 is 0 Å². The number of benzene rings is 1. The molecule has 48 heavy (non-hydrogen) atoms. The molecule has 1 aliphatic rings. The van der Waals surface area contributed by atoms with E-state index in [0.717, 1.165) is 44.6 Å². The SMILES string of the molecule is CCP(=O)(CCC/C=C\C[C@H]1C(=O)C[C@@H](O[Si](C)(C)C(C)(C)C)[C@@H]1CC[C@H](CCCc1cc(F)cc(F)c1)O[Si](C)(C)C(C)(C)C)OC. The number of hydrogen-bond acceptors (Lipinski definition) is 5. The van der Waals surface area contributed by atoms with E-state index in [2.05, 4.69) is 79.9 Å². The fourth-order valence-electron chi connectivity index (χ4n) is 6.09. The first-order chi connectivity index (χ1) is 22.0. The average molecular weight is 729 g/mol. The number of aryl methyl sites for hydroxylation is 1. The van der Waals surface area contributed by atoms with E-state index in [9.17, 15) is 18.1 Å². The second-order valence-corrected chi connectivity index (χ2v) is 29.6. The van der Waals surface area contributed by atoms with E-state index in [1.165, 1.54) is 19.2 Å². The molecule has 1 aliphatic carbocycles. The molecule has 0 heterocycles. The van der Waals surface area contributed by atoms with Gasteiger partial charge in [0.05, 0.1) is 6.10 Å². The van der Waals surface area contributed by atoms with Gasteiger partial charge in [-0.05, 0) is 111 Å². The van der Waals surface area contributed by atoms with Crippen LogP contribution in [0.1, 0.15) is 105 Å². The maximum Gasteiger partial charge on any atom is 0.202 e. The van der Waals surface area contributed by atoms with Gasteiger partial charge in [-0.2, -0.15) is 0 Å². The molecule has 1 aromatic rings. The molecule has 0 spiro atoms. The van der Waals surface area contributed by atoms with Crippen LogP contribution in [-0.2, 0) is 29.2 Å². The summed E-state index contributed by atoms with van der Waals surface area (Å²) in [5.41, 5.74) is 0.661. The number of allylic oxidation sites excluding steroid dienone is 2. The molecule has 0 saturated heterocycles. The van der Waals surface area contributed by atoms with Crippen LogP contribution in [-0.4, -0.2) is 54.1 Å². The van der Waals surface area contributed by atoms with E-state index >= 15 is 0 Å². The lowest BCUT2D eigenvalue weighted by Crippen LogP contribution is -2.45. The van der Waals surface area contributed by atoms with E-state index in [4.69, 9.17) is 13.4 Å². The van der Waals surface area contributed by atoms with Crippen LogP contribution in [0, 0.1) is 23.5 Å². The van der Waals surface area contributed by atoms with Crippen LogP contribution in [0.15, 0.2) is 30.4 Å². The lowest BCUT2D eigenvalue weighted by molar-refractivity contribution is -0.121. The summed E-state index contributed by atoms with van der Waals surface area (Å²) in [6, 6.07) is 3.74. The lowest BCUT2D eigenvalue weighted by atomic mass is 9.86. The quantitative estimate of drug-likeness (QED) is 0.0614. The second-order valence-electron chi connectivity index (χ2n) is 17.0. The molecule has 2 rings (SSSR count). The van der Waals surface area contributed by atoms with E-state index in [0.29, 0.717) is 37.1 Å². The summed E-state index contributed by atoms with van der Waals surface area (Å²) >= 11 is 0. The largest absolute Gasteiger partial charge is 0.414 e. The smallest absolute Gasteiger partial charge is 0.202 e. The molecule has 1 saturated carbocycles. The Hall–Kier alpha value is -0.966. The highest BCUT2D eigenvalue weighted by Crippen LogP contribution is 2.47. The van der Waals surface area contributed by atoms with Gasteiger partial charge in [0, 0.05) is 43.9 Å². The highest BCUT2D eigenvalue weighted by Gasteiger charge is 2.48. The first-order valence-corrected chi connectivity index (χ1v) is 26.0. The summed E-state index contributed by atoms with van der Waals surface area (Å²) in [6.07, 6.45) is 11.7. The summed E-state index contributed by atoms with van der Waals surface area (Å²) in [4.78, 5) is 13.6. The molecule has 0 bridgehead atoms. The van der Waals surface area contributed by atoms with Crippen LogP contribution >= 0.6 is 7.37 Å². The normalized spacial score (nSPS) is 21.6. The number of carbonyl (C=O) groups is 1. The van der Waals surface area contributed by atoms with Crippen LogP contribution in [0.3, 0.4) is 0 Å². The minimum atomic E-state index is -2.53. The van der Waals surface area contributed by atoms with Crippen molar-refractivity contribution >= 4 is 29.8 Å². The first-order valence-electron chi connectivity index (χ1n) is 18.2. The molecule has 1 unspecified atom stereocenters. The van der Waals surface area contributed by atoms with Gasteiger partial charge in [0.1, 0.15) is 17.4 Å². The number of unbranched alkanes of at least 4 members (excludes halogenated alkanes) is 1. The fraction of sp³-hybridized carbons (Fsp3) is 0.763. The Balaban J connectivity index is 2.25. The molecule has 5 nitrogen and oxygen atoms in total. The van der Waals surface area contributed by atoms with Gasteiger partial charge in [0.15, 0.2) is 16.6 Å². The molecule has 0 aromatic heterocycles. The second kappa shape index (κ2) is 18.0. The van der Waals surface area contributed by atoms with E-state index in [1.807, 2.05) is 6.92 Å². The van der Waals surface area contributed by atoms with Gasteiger partial charge in [0.2, 0.25) is 7.37 Å². The summed E-state index contributed by atoms with van der Waals surface area (Å²) in [5.74, 6) is -0.839. The van der Waals surface area contributed by atoms with Gasteiger partial charge in [-0.1, -0.05) is 60.6 Å². The van der Waals surface area contributed by atoms with Gasteiger partial charge in [-0.3, -0.25) is 9.36 Å². The number of rotatable bonds is 19. The van der Waals surface area contributed by atoms with E-state index < -0.39 is 35.6 Å². The Kier molecular flexibility index (Phi) is 16.2. The van der Waals surface area contributed by atoms with Crippen molar-refractivity contribution in [2.75, 3.05) is 19.4 Å². The molecule has 276 valence electrons. The van der Waals surface area contributed by atoms with Crippen molar-refractivity contribution in [2.45, 2.75) is 155 Å². The van der Waals surface area contributed by atoms with Crippen molar-refractivity contribution in [1.29, 1.82) is 0 Å². The monoisotopic (exact) mass is 728 g/mol. The van der Waals surface area contributed by atoms with Crippen molar-refractivity contribution in [3.8, 4) is 0 Å². The standard InChI is InChI=1S/C38H67F2O5PSi2/c1-13-46(42,43-8)24-17-15-14-16-21-33-34(36(28-35(33)41)45-48(11,12)38(5,6)7)23-22-32(44-47(9,10)37(2,3)4)20-18-19-29-25-30(39)27-31(40)26-29/h14,16,25-27,32-34,36H,13,15,17-24,28H2,1-12H3/b16-14-/t32-,33+,34+,36+,46?/m0/s1. The lowest BCUT2D eigenvalue weighted by Gasteiger charge is -2.41. The Morgan fingerprint density at radius 2 is 1.54 bits per heavy atom. The summed E-state index contributed by atoms with van der Waals surface area (Å²) < 4.78 is 59.6. The van der Waals surface area contributed by atoms with Gasteiger partial charge in [-0.15, -0.1) is 0 Å². The predicted molar refractivity (Wildman–Crippen MR) is 202 cm³/mol. The number of halogens is 2. The predicted octanol–water partition coefficient (Wildman–Crippen LogP) is 11.7. The minimum absolute atomic E-state index is 0.0141. The molecule has 0 aliphatic heterocycles. The van der Waals surface area contributed by atoms with E-state index in [-0.39, 0.29) is 39.9 Å². The Morgan fingerprint density at radius 1 is 0.938 bits per heavy atom. The third-order valence-electron chi connectivity index (χ3n) is 11.3. The van der Waals surface area contributed by atoms with Crippen LogP contribution in [0.4, 0.5) is 8.78 Å². The fourth-order valence-corrected chi connectivity index (χ4v) is 10.3. The van der Waals surface area contributed by atoms with Crippen LogP contribution in [0.25, 0.3) is 0 Å². The third-order valence-corrected chi connectivity index (χ3v) is 23.0. The summed E-state index contributed by atoms with van der Waals surface area (Å²) in [6.45, 7) is 24.4. The summed E-state index contributed by atoms with van der Waals surface area (Å²) in [7, 11) is -5.23. The van der Waals surface area contributed by atoms with Crippen molar-refractivity contribution in [3.05, 3.63) is 47.5 Å². The zero-order chi connectivity index (χ0) is 36.6. The van der Waals surface area contributed by atoms with Crippen molar-refractivity contribution < 1.29 is 31.5 Å². The maximum atomic E-state index is 13.9. The molecule has 5 atom stereocenters. The van der Waals surface area contributed by atoms with E-state index in [1.54, 1.807) is 0 Å². The minimum Gasteiger partial charge on any atom is -0.414 e. The Labute approximate surface area is 294 Å². The summed E-state index contributed by atoms with van der Waals surface area (Å²) in [5, 5.41) is 0.0682. The van der Waals surface area contributed by atoms with Crippen LogP contribution in [0.2, 0.25) is 36.3 Å². The van der Waals surface area contributed by atoms with Crippen molar-refractivity contribution in [1.82, 2.24) is 0 Å². The zero-order valence-corrected chi connectivity index (χ0v) is 35.1. The van der Waals surface area contributed by atoms with Gasteiger partial charge in [0.25, 0.3) is 0 Å². The maximum absolute atomic E-state index is 13.9. The van der Waals surface area contributed by atoms with Crippen LogP contribution in [0.5, 0.6) is 0 Å². The number of ketones is 1. The number of Topliss-reactive ketones (excluding diaryl/α,β-unsaturated/α-hetero) is 1. The first kappa shape index (κ1) is 43.2. The Bertz CT molecular complexity index is 1230. The molecular formula is C38H67F2O5PSi2. The molecule has 0 amide bonds. The van der Waals surface area contributed by atoms with Crippen molar-refractivity contribution in [3.63, 3.8) is 0 Å². The van der Waals surface area contributed by atoms with Gasteiger partial charge in [-0.25, -0.2) is 8.78 Å². The zero-order valence-electron chi connectivity index (χ0n) is 32.2. The average Bonchev–Trinajstić information content (AvgIpc) is 3.23. The van der Waals surface area contributed by atoms with Gasteiger partial charge < -0.3 is 13.4 Å². The highest BCUT2D eigenvalue weighted by atomic mass is 31.2. The molecule has 1 fully saturated rings. The molecule has 1 aromatic carbocycles. The topological polar surface area (TPSA) is 61.8 Å².